The summed E-state index contributed by atoms with van der Waals surface area (Å²) in [6, 6.07) is 15.4. The van der Waals surface area contributed by atoms with Gasteiger partial charge in [0.05, 0.1) is 18.6 Å². The number of likely N-dealkylation sites (N-methyl/N-ethyl adjacent to an activating group) is 1. The first-order valence-corrected chi connectivity index (χ1v) is 9.69. The van der Waals surface area contributed by atoms with E-state index < -0.39 is 10.8 Å². The first kappa shape index (κ1) is 22.0. The molecule has 0 aliphatic carbocycles. The van der Waals surface area contributed by atoms with E-state index in [4.69, 9.17) is 16.3 Å². The van der Waals surface area contributed by atoms with E-state index in [0.717, 1.165) is 28.2 Å². The van der Waals surface area contributed by atoms with Crippen LogP contribution in [0.15, 0.2) is 54.6 Å². The van der Waals surface area contributed by atoms with E-state index in [1.807, 2.05) is 36.4 Å². The molecule has 0 saturated heterocycles. The highest BCUT2D eigenvalue weighted by molar-refractivity contribution is 6.32. The molecule has 0 bridgehead atoms. The van der Waals surface area contributed by atoms with Crippen LogP contribution in [0.25, 0.3) is 10.8 Å². The van der Waals surface area contributed by atoms with Gasteiger partial charge in [-0.2, -0.15) is 0 Å². The van der Waals surface area contributed by atoms with Crippen molar-refractivity contribution >= 4 is 39.9 Å². The number of benzene rings is 3. The SMILES string of the molecule is COc1ccc2cc(CN(C)C(=O)CNC(=O)c3ccc(Cl)c([N+](=O)[O-])c3)ccc2c1. The summed E-state index contributed by atoms with van der Waals surface area (Å²) in [5.74, 6) is -0.123. The molecule has 2 amide bonds. The van der Waals surface area contributed by atoms with Gasteiger partial charge in [0, 0.05) is 25.2 Å². The number of fused-ring (bicyclic) bond motifs is 1. The third-order valence-corrected chi connectivity index (χ3v) is 5.08. The van der Waals surface area contributed by atoms with E-state index >= 15 is 0 Å². The summed E-state index contributed by atoms with van der Waals surface area (Å²) >= 11 is 5.75. The molecule has 0 aromatic heterocycles. The first-order chi connectivity index (χ1) is 14.8. The number of carbonyl (C=O) groups excluding carboxylic acids is 2. The molecule has 3 rings (SSSR count). The van der Waals surface area contributed by atoms with E-state index in [0.29, 0.717) is 6.54 Å². The molecule has 8 nitrogen and oxygen atoms in total. The van der Waals surface area contributed by atoms with Gasteiger partial charge in [-0.25, -0.2) is 0 Å². The van der Waals surface area contributed by atoms with Crippen molar-refractivity contribution in [2.24, 2.45) is 0 Å². The highest BCUT2D eigenvalue weighted by atomic mass is 35.5. The minimum Gasteiger partial charge on any atom is -0.497 e. The van der Waals surface area contributed by atoms with E-state index in [9.17, 15) is 19.7 Å². The van der Waals surface area contributed by atoms with Crippen LogP contribution in [0.4, 0.5) is 5.69 Å². The molecule has 0 aliphatic rings. The summed E-state index contributed by atoms with van der Waals surface area (Å²) in [7, 11) is 3.25. The number of ether oxygens (including phenoxy) is 1. The molecule has 0 atom stereocenters. The number of nitrogens with zero attached hydrogens (tertiary/aromatic N) is 2. The molecule has 9 heteroatoms. The van der Waals surface area contributed by atoms with Crippen LogP contribution in [0, 0.1) is 10.1 Å². The predicted octanol–water partition coefficient (Wildman–Crippen LogP) is 3.80. The van der Waals surface area contributed by atoms with Gasteiger partial charge in [0.15, 0.2) is 0 Å². The Balaban J connectivity index is 1.60. The van der Waals surface area contributed by atoms with Gasteiger partial charge in [0.2, 0.25) is 5.91 Å². The Morgan fingerprint density at radius 1 is 1.10 bits per heavy atom. The van der Waals surface area contributed by atoms with E-state index in [2.05, 4.69) is 5.32 Å². The number of nitrogens with one attached hydrogen (secondary N) is 1. The Morgan fingerprint density at radius 3 is 2.52 bits per heavy atom. The Bertz CT molecular complexity index is 1170. The fourth-order valence-corrected chi connectivity index (χ4v) is 3.23. The average Bonchev–Trinajstić information content (AvgIpc) is 2.76. The van der Waals surface area contributed by atoms with Crippen molar-refractivity contribution in [2.45, 2.75) is 6.54 Å². The standard InChI is InChI=1S/C22H20ClN3O5/c1-25(13-14-3-4-16-10-18(31-2)7-5-15(16)9-14)21(27)12-24-22(28)17-6-8-19(23)20(11-17)26(29)30/h3-11H,12-13H2,1-2H3,(H,24,28). The van der Waals surface area contributed by atoms with Crippen LogP contribution in [-0.4, -0.2) is 42.3 Å². The lowest BCUT2D eigenvalue weighted by molar-refractivity contribution is -0.384. The predicted molar refractivity (Wildman–Crippen MR) is 117 cm³/mol. The third kappa shape index (κ3) is 5.29. The number of hydrogen-bond donors (Lipinski definition) is 1. The molecular weight excluding hydrogens is 422 g/mol. The lowest BCUT2D eigenvalue weighted by Crippen LogP contribution is -2.37. The summed E-state index contributed by atoms with van der Waals surface area (Å²) in [5.41, 5.74) is 0.622. The highest BCUT2D eigenvalue weighted by Gasteiger charge is 2.17. The van der Waals surface area contributed by atoms with Gasteiger partial charge in [-0.3, -0.25) is 19.7 Å². The average molecular weight is 442 g/mol. The fraction of sp³-hybridized carbons (Fsp3) is 0.182. The second-order valence-corrected chi connectivity index (χ2v) is 7.31. The van der Waals surface area contributed by atoms with Gasteiger partial charge >= 0.3 is 0 Å². The molecule has 0 fully saturated rings. The number of rotatable bonds is 7. The van der Waals surface area contributed by atoms with Gasteiger partial charge in [-0.15, -0.1) is 0 Å². The Labute approximate surface area is 183 Å². The van der Waals surface area contributed by atoms with Gasteiger partial charge in [0.1, 0.15) is 10.8 Å². The molecule has 3 aromatic carbocycles. The third-order valence-electron chi connectivity index (χ3n) is 4.76. The van der Waals surface area contributed by atoms with Crippen molar-refractivity contribution in [3.8, 4) is 5.75 Å². The molecule has 0 saturated carbocycles. The summed E-state index contributed by atoms with van der Waals surface area (Å²) in [6.07, 6.45) is 0. The Morgan fingerprint density at radius 2 is 1.81 bits per heavy atom. The minimum atomic E-state index is -0.669. The van der Waals surface area contributed by atoms with Crippen molar-refractivity contribution in [1.82, 2.24) is 10.2 Å². The van der Waals surface area contributed by atoms with Gasteiger partial charge < -0.3 is 15.0 Å². The van der Waals surface area contributed by atoms with Gasteiger partial charge in [-0.1, -0.05) is 29.8 Å². The lowest BCUT2D eigenvalue weighted by atomic mass is 10.1. The summed E-state index contributed by atoms with van der Waals surface area (Å²) in [6.45, 7) is 0.125. The maximum Gasteiger partial charge on any atom is 0.288 e. The number of nitro groups is 1. The van der Waals surface area contributed by atoms with Crippen LogP contribution in [0.2, 0.25) is 5.02 Å². The molecule has 0 heterocycles. The fourth-order valence-electron chi connectivity index (χ4n) is 3.05. The molecule has 160 valence electrons. The molecular formula is C22H20ClN3O5. The van der Waals surface area contributed by atoms with Crippen LogP contribution in [0.3, 0.4) is 0 Å². The van der Waals surface area contributed by atoms with Crippen LogP contribution < -0.4 is 10.1 Å². The molecule has 31 heavy (non-hydrogen) atoms. The molecule has 0 spiro atoms. The van der Waals surface area contributed by atoms with Crippen LogP contribution in [0.1, 0.15) is 15.9 Å². The van der Waals surface area contributed by atoms with Crippen molar-refractivity contribution in [3.63, 3.8) is 0 Å². The number of carbonyl (C=O) groups is 2. The van der Waals surface area contributed by atoms with E-state index in [1.165, 1.54) is 17.0 Å². The topological polar surface area (TPSA) is 102 Å². The van der Waals surface area contributed by atoms with Gasteiger partial charge in [0.25, 0.3) is 11.6 Å². The van der Waals surface area contributed by atoms with Crippen LogP contribution in [0.5, 0.6) is 5.75 Å². The number of methoxy groups -OCH3 is 1. The lowest BCUT2D eigenvalue weighted by Gasteiger charge is -2.18. The number of halogens is 1. The first-order valence-electron chi connectivity index (χ1n) is 9.31. The van der Waals surface area contributed by atoms with E-state index in [-0.39, 0.29) is 28.7 Å². The van der Waals surface area contributed by atoms with Crippen molar-refractivity contribution in [2.75, 3.05) is 20.7 Å². The number of nitro benzene ring substituents is 1. The maximum atomic E-state index is 12.4. The second kappa shape index (κ2) is 9.44. The zero-order valence-corrected chi connectivity index (χ0v) is 17.7. The van der Waals surface area contributed by atoms with Crippen LogP contribution >= 0.6 is 11.6 Å². The van der Waals surface area contributed by atoms with Crippen molar-refractivity contribution in [3.05, 3.63) is 80.9 Å². The van der Waals surface area contributed by atoms with E-state index in [1.54, 1.807) is 14.2 Å². The second-order valence-electron chi connectivity index (χ2n) is 6.90. The molecule has 3 aromatic rings. The Kier molecular flexibility index (Phi) is 6.71. The summed E-state index contributed by atoms with van der Waals surface area (Å²) in [5, 5.41) is 15.4. The highest BCUT2D eigenvalue weighted by Crippen LogP contribution is 2.25. The van der Waals surface area contributed by atoms with Crippen LogP contribution in [-0.2, 0) is 11.3 Å². The van der Waals surface area contributed by atoms with Crippen molar-refractivity contribution < 1.29 is 19.2 Å². The normalized spacial score (nSPS) is 10.5. The van der Waals surface area contributed by atoms with Crippen molar-refractivity contribution in [1.29, 1.82) is 0 Å². The molecule has 0 aliphatic heterocycles. The number of amides is 2. The van der Waals surface area contributed by atoms with Gasteiger partial charge in [-0.05, 0) is 46.7 Å². The largest absolute Gasteiger partial charge is 0.497 e. The number of hydrogen-bond acceptors (Lipinski definition) is 5. The monoisotopic (exact) mass is 441 g/mol. The quantitative estimate of drug-likeness (QED) is 0.444. The minimum absolute atomic E-state index is 0.0523. The zero-order valence-electron chi connectivity index (χ0n) is 16.9. The summed E-state index contributed by atoms with van der Waals surface area (Å²) in [4.78, 5) is 36.5. The molecule has 0 radical (unpaired) electrons. The molecule has 0 unspecified atom stereocenters. The molecule has 1 N–H and O–H groups in total. The summed E-state index contributed by atoms with van der Waals surface area (Å²) < 4.78 is 5.22. The Hall–Kier alpha value is -3.65. The smallest absolute Gasteiger partial charge is 0.288 e. The zero-order chi connectivity index (χ0) is 22.5. The maximum absolute atomic E-state index is 12.4.